The Morgan fingerprint density at radius 1 is 1.10 bits per heavy atom. The number of carbonyl (C=O) groups excluding carboxylic acids is 3. The zero-order chi connectivity index (χ0) is 14.3. The first-order valence-corrected chi connectivity index (χ1v) is 7.38. The van der Waals surface area contributed by atoms with Gasteiger partial charge in [-0.25, -0.2) is 0 Å². The summed E-state index contributed by atoms with van der Waals surface area (Å²) in [7, 11) is 2.04. The lowest BCUT2D eigenvalue weighted by Crippen LogP contribution is -2.63. The van der Waals surface area contributed by atoms with Crippen molar-refractivity contribution >= 4 is 17.7 Å². The molecule has 0 saturated carbocycles. The summed E-state index contributed by atoms with van der Waals surface area (Å²) in [6.07, 6.45) is 2.67. The van der Waals surface area contributed by atoms with Gasteiger partial charge in [0.25, 0.3) is 0 Å². The molecule has 0 radical (unpaired) electrons. The average molecular weight is 279 g/mol. The Labute approximate surface area is 118 Å². The Morgan fingerprint density at radius 2 is 1.75 bits per heavy atom. The highest BCUT2D eigenvalue weighted by atomic mass is 16.2. The Bertz CT molecular complexity index is 429. The lowest BCUT2D eigenvalue weighted by Gasteiger charge is -2.45. The summed E-state index contributed by atoms with van der Waals surface area (Å²) >= 11 is 0. The smallest absolute Gasteiger partial charge is 0.230 e. The molecule has 3 rings (SSSR count). The minimum absolute atomic E-state index is 0.0792. The van der Waals surface area contributed by atoms with Gasteiger partial charge in [0.05, 0.1) is 12.0 Å². The van der Waals surface area contributed by atoms with Gasteiger partial charge in [-0.2, -0.15) is 0 Å². The zero-order valence-corrected chi connectivity index (χ0v) is 11.9. The van der Waals surface area contributed by atoms with Crippen LogP contribution in [0.2, 0.25) is 0 Å². The molecule has 0 aliphatic carbocycles. The SMILES string of the molecule is CN1CCCC(C(=O)N2CC(N3C(=O)CCC3=O)C2)C1. The van der Waals surface area contributed by atoms with Crippen LogP contribution in [-0.4, -0.2) is 71.7 Å². The van der Waals surface area contributed by atoms with E-state index < -0.39 is 0 Å². The minimum atomic E-state index is -0.0808. The van der Waals surface area contributed by atoms with E-state index in [2.05, 4.69) is 4.90 Å². The first kappa shape index (κ1) is 13.5. The Balaban J connectivity index is 1.53. The van der Waals surface area contributed by atoms with Crippen LogP contribution in [0, 0.1) is 5.92 Å². The van der Waals surface area contributed by atoms with Gasteiger partial charge in [0.1, 0.15) is 0 Å². The van der Waals surface area contributed by atoms with E-state index in [1.165, 1.54) is 4.90 Å². The lowest BCUT2D eigenvalue weighted by molar-refractivity contribution is -0.154. The minimum Gasteiger partial charge on any atom is -0.338 e. The van der Waals surface area contributed by atoms with Gasteiger partial charge in [-0.05, 0) is 26.4 Å². The van der Waals surface area contributed by atoms with E-state index in [0.717, 1.165) is 25.9 Å². The molecular weight excluding hydrogens is 258 g/mol. The van der Waals surface area contributed by atoms with Crippen LogP contribution in [0.3, 0.4) is 0 Å². The van der Waals surface area contributed by atoms with Crippen LogP contribution in [0.4, 0.5) is 0 Å². The molecule has 3 saturated heterocycles. The van der Waals surface area contributed by atoms with Crippen molar-refractivity contribution in [1.82, 2.24) is 14.7 Å². The third-order valence-corrected chi connectivity index (χ3v) is 4.60. The first-order chi connectivity index (χ1) is 9.56. The fourth-order valence-corrected chi connectivity index (χ4v) is 3.43. The van der Waals surface area contributed by atoms with Gasteiger partial charge >= 0.3 is 0 Å². The van der Waals surface area contributed by atoms with Crippen molar-refractivity contribution < 1.29 is 14.4 Å². The number of hydrogen-bond acceptors (Lipinski definition) is 4. The van der Waals surface area contributed by atoms with Crippen molar-refractivity contribution in [3.8, 4) is 0 Å². The van der Waals surface area contributed by atoms with Crippen molar-refractivity contribution in [3.63, 3.8) is 0 Å². The summed E-state index contributed by atoms with van der Waals surface area (Å²) in [6.45, 7) is 2.93. The molecule has 20 heavy (non-hydrogen) atoms. The van der Waals surface area contributed by atoms with Gasteiger partial charge in [0, 0.05) is 32.5 Å². The van der Waals surface area contributed by atoms with Gasteiger partial charge in [0.15, 0.2) is 0 Å². The Morgan fingerprint density at radius 3 is 2.35 bits per heavy atom. The number of likely N-dealkylation sites (tertiary alicyclic amines) is 3. The van der Waals surface area contributed by atoms with Crippen LogP contribution in [0.15, 0.2) is 0 Å². The molecule has 1 atom stereocenters. The molecule has 0 aromatic rings. The Kier molecular flexibility index (Phi) is 3.50. The van der Waals surface area contributed by atoms with Gasteiger partial charge in [-0.1, -0.05) is 0 Å². The summed E-state index contributed by atoms with van der Waals surface area (Å²) < 4.78 is 0. The molecule has 3 amide bonds. The largest absolute Gasteiger partial charge is 0.338 e. The summed E-state index contributed by atoms with van der Waals surface area (Å²) in [4.78, 5) is 41.0. The highest BCUT2D eigenvalue weighted by Gasteiger charge is 2.44. The fraction of sp³-hybridized carbons (Fsp3) is 0.786. The second kappa shape index (κ2) is 5.16. The number of carbonyl (C=O) groups is 3. The maximum atomic E-state index is 12.4. The van der Waals surface area contributed by atoms with Crippen LogP contribution in [-0.2, 0) is 14.4 Å². The van der Waals surface area contributed by atoms with E-state index in [-0.39, 0.29) is 29.7 Å². The van der Waals surface area contributed by atoms with Crippen LogP contribution in [0.1, 0.15) is 25.7 Å². The first-order valence-electron chi connectivity index (χ1n) is 7.38. The van der Waals surface area contributed by atoms with E-state index in [9.17, 15) is 14.4 Å². The van der Waals surface area contributed by atoms with Crippen molar-refractivity contribution in [3.05, 3.63) is 0 Å². The number of nitrogens with zero attached hydrogens (tertiary/aromatic N) is 3. The highest BCUT2D eigenvalue weighted by molar-refractivity contribution is 6.02. The number of imide groups is 1. The normalized spacial score (nSPS) is 28.9. The van der Waals surface area contributed by atoms with Gasteiger partial charge < -0.3 is 9.80 Å². The zero-order valence-electron chi connectivity index (χ0n) is 11.9. The van der Waals surface area contributed by atoms with Crippen LogP contribution in [0.25, 0.3) is 0 Å². The topological polar surface area (TPSA) is 60.9 Å². The molecule has 3 heterocycles. The van der Waals surface area contributed by atoms with Crippen LogP contribution in [0.5, 0.6) is 0 Å². The van der Waals surface area contributed by atoms with Crippen molar-refractivity contribution in [2.75, 3.05) is 33.2 Å². The summed E-state index contributed by atoms with van der Waals surface area (Å²) in [5, 5.41) is 0. The molecule has 0 aromatic heterocycles. The summed E-state index contributed by atoms with van der Waals surface area (Å²) in [5.41, 5.74) is 0. The fourth-order valence-electron chi connectivity index (χ4n) is 3.43. The van der Waals surface area contributed by atoms with Crippen LogP contribution < -0.4 is 0 Å². The molecule has 3 fully saturated rings. The van der Waals surface area contributed by atoms with Gasteiger partial charge in [0.2, 0.25) is 17.7 Å². The predicted octanol–water partition coefficient (Wildman–Crippen LogP) is -0.312. The summed E-state index contributed by atoms with van der Waals surface area (Å²) in [6, 6.07) is -0.0808. The van der Waals surface area contributed by atoms with E-state index in [4.69, 9.17) is 0 Å². The molecule has 6 heteroatoms. The number of rotatable bonds is 2. The number of piperidine rings is 1. The van der Waals surface area contributed by atoms with E-state index in [1.54, 1.807) is 4.90 Å². The average Bonchev–Trinajstić information content (AvgIpc) is 2.69. The molecule has 110 valence electrons. The predicted molar refractivity (Wildman–Crippen MR) is 71.7 cm³/mol. The monoisotopic (exact) mass is 279 g/mol. The van der Waals surface area contributed by atoms with E-state index in [1.807, 2.05) is 7.05 Å². The summed E-state index contributed by atoms with van der Waals surface area (Å²) in [5.74, 6) is 0.112. The molecule has 3 aliphatic heterocycles. The standard InChI is InChI=1S/C14H21N3O3/c1-15-6-2-3-10(7-15)14(20)16-8-11(9-16)17-12(18)4-5-13(17)19/h10-11H,2-9H2,1H3. The molecule has 0 bridgehead atoms. The molecule has 3 aliphatic rings. The molecule has 0 spiro atoms. The van der Waals surface area contributed by atoms with Crippen molar-refractivity contribution in [2.45, 2.75) is 31.7 Å². The van der Waals surface area contributed by atoms with E-state index in [0.29, 0.717) is 25.9 Å². The highest BCUT2D eigenvalue weighted by Crippen LogP contribution is 2.25. The maximum absolute atomic E-state index is 12.4. The molecule has 1 unspecified atom stereocenters. The second-order valence-corrected chi connectivity index (χ2v) is 6.16. The number of amides is 3. The van der Waals surface area contributed by atoms with Crippen molar-refractivity contribution in [2.24, 2.45) is 5.92 Å². The quantitative estimate of drug-likeness (QED) is 0.651. The third kappa shape index (κ3) is 2.32. The molecule has 6 nitrogen and oxygen atoms in total. The van der Waals surface area contributed by atoms with Gasteiger partial charge in [-0.3, -0.25) is 19.3 Å². The van der Waals surface area contributed by atoms with Gasteiger partial charge in [-0.15, -0.1) is 0 Å². The molecule has 0 N–H and O–H groups in total. The molecule has 0 aromatic carbocycles. The third-order valence-electron chi connectivity index (χ3n) is 4.60. The maximum Gasteiger partial charge on any atom is 0.230 e. The van der Waals surface area contributed by atoms with E-state index >= 15 is 0 Å². The van der Waals surface area contributed by atoms with Crippen LogP contribution >= 0.6 is 0 Å². The number of hydrogen-bond donors (Lipinski definition) is 0. The molecular formula is C14H21N3O3. The second-order valence-electron chi connectivity index (χ2n) is 6.16. The Hall–Kier alpha value is -1.43. The van der Waals surface area contributed by atoms with Crippen molar-refractivity contribution in [1.29, 1.82) is 0 Å². The lowest BCUT2D eigenvalue weighted by atomic mass is 9.94.